The zero-order valence-electron chi connectivity index (χ0n) is 13.1. The first-order valence-corrected chi connectivity index (χ1v) is 9.09. The van der Waals surface area contributed by atoms with E-state index in [1.165, 1.54) is 4.90 Å². The van der Waals surface area contributed by atoms with Crippen molar-refractivity contribution in [3.05, 3.63) is 29.8 Å². The van der Waals surface area contributed by atoms with E-state index in [0.29, 0.717) is 25.9 Å². The molecule has 1 aliphatic rings. The summed E-state index contributed by atoms with van der Waals surface area (Å²) >= 11 is 1.69. The minimum absolute atomic E-state index is 0.00611. The molecular formula is C17H24N2O2S. The molecule has 1 fully saturated rings. The maximum Gasteiger partial charge on any atom is 0.222 e. The van der Waals surface area contributed by atoms with Crippen LogP contribution in [0.1, 0.15) is 37.7 Å². The van der Waals surface area contributed by atoms with E-state index in [0.717, 1.165) is 31.4 Å². The van der Waals surface area contributed by atoms with Crippen LogP contribution in [0.5, 0.6) is 0 Å². The third-order valence-corrected chi connectivity index (χ3v) is 4.63. The number of nitrogens with one attached hydrogen (secondary N) is 1. The van der Waals surface area contributed by atoms with Crippen molar-refractivity contribution in [2.45, 2.75) is 43.5 Å². The number of amides is 2. The summed E-state index contributed by atoms with van der Waals surface area (Å²) in [7, 11) is 0. The van der Waals surface area contributed by atoms with Crippen molar-refractivity contribution in [1.82, 2.24) is 10.2 Å². The van der Waals surface area contributed by atoms with Gasteiger partial charge in [0.15, 0.2) is 0 Å². The molecule has 22 heavy (non-hydrogen) atoms. The highest BCUT2D eigenvalue weighted by molar-refractivity contribution is 7.98. The second-order valence-corrected chi connectivity index (χ2v) is 6.45. The van der Waals surface area contributed by atoms with Gasteiger partial charge >= 0.3 is 0 Å². The van der Waals surface area contributed by atoms with E-state index in [2.05, 4.69) is 17.4 Å². The van der Waals surface area contributed by atoms with Crippen LogP contribution < -0.4 is 5.32 Å². The number of carbonyl (C=O) groups is 2. The number of benzene rings is 1. The molecule has 1 aliphatic heterocycles. The third-order valence-electron chi connectivity index (χ3n) is 3.90. The number of carbonyl (C=O) groups excluding carboxylic acids is 2. The summed E-state index contributed by atoms with van der Waals surface area (Å²) in [5.41, 5.74) is 1.10. The molecule has 1 aromatic carbocycles. The van der Waals surface area contributed by atoms with E-state index in [1.807, 2.05) is 23.3 Å². The molecule has 0 atom stereocenters. The van der Waals surface area contributed by atoms with Gasteiger partial charge in [-0.15, -0.1) is 11.8 Å². The molecule has 4 nitrogen and oxygen atoms in total. The fourth-order valence-electron chi connectivity index (χ4n) is 2.58. The van der Waals surface area contributed by atoms with Gasteiger partial charge in [-0.1, -0.05) is 18.6 Å². The number of likely N-dealkylation sites (tertiary alicyclic amines) is 1. The van der Waals surface area contributed by atoms with Crippen LogP contribution in [0.25, 0.3) is 0 Å². The first-order valence-electron chi connectivity index (χ1n) is 7.86. The normalized spacial score (nSPS) is 15.5. The Kier molecular flexibility index (Phi) is 6.77. The van der Waals surface area contributed by atoms with Crippen LogP contribution in [0.15, 0.2) is 29.2 Å². The fourth-order valence-corrected chi connectivity index (χ4v) is 3.07. The van der Waals surface area contributed by atoms with Gasteiger partial charge in [-0.2, -0.15) is 0 Å². The standard InChI is InChI=1S/C17H24N2O2S/c1-22-15-7-5-6-14(12-15)13-18-16(20)9-11-19-10-4-2-3-8-17(19)21/h5-7,12H,2-4,8-11,13H2,1H3,(H,18,20). The molecule has 0 aliphatic carbocycles. The lowest BCUT2D eigenvalue weighted by molar-refractivity contribution is -0.131. The Morgan fingerprint density at radius 1 is 1.32 bits per heavy atom. The molecule has 2 rings (SSSR count). The molecular weight excluding hydrogens is 296 g/mol. The van der Waals surface area contributed by atoms with E-state index in [1.54, 1.807) is 11.8 Å². The highest BCUT2D eigenvalue weighted by Crippen LogP contribution is 2.15. The van der Waals surface area contributed by atoms with Crippen molar-refractivity contribution in [1.29, 1.82) is 0 Å². The number of thioether (sulfide) groups is 1. The van der Waals surface area contributed by atoms with Gasteiger partial charge in [-0.3, -0.25) is 9.59 Å². The van der Waals surface area contributed by atoms with Crippen LogP contribution >= 0.6 is 11.8 Å². The Morgan fingerprint density at radius 2 is 2.18 bits per heavy atom. The van der Waals surface area contributed by atoms with Crippen molar-refractivity contribution in [2.75, 3.05) is 19.3 Å². The fraction of sp³-hybridized carbons (Fsp3) is 0.529. The summed E-state index contributed by atoms with van der Waals surface area (Å²) in [6, 6.07) is 8.16. The molecule has 5 heteroatoms. The second-order valence-electron chi connectivity index (χ2n) is 5.57. The first kappa shape index (κ1) is 16.9. The summed E-state index contributed by atoms with van der Waals surface area (Å²) < 4.78 is 0. The van der Waals surface area contributed by atoms with E-state index in [4.69, 9.17) is 0 Å². The van der Waals surface area contributed by atoms with Crippen LogP contribution in [0.2, 0.25) is 0 Å². The lowest BCUT2D eigenvalue weighted by atomic mass is 10.2. The number of nitrogens with zero attached hydrogens (tertiary/aromatic N) is 1. The number of hydrogen-bond donors (Lipinski definition) is 1. The summed E-state index contributed by atoms with van der Waals surface area (Å²) in [6.45, 7) is 1.87. The molecule has 0 bridgehead atoms. The molecule has 0 unspecified atom stereocenters. The summed E-state index contributed by atoms with van der Waals surface area (Å²) in [5.74, 6) is 0.199. The monoisotopic (exact) mass is 320 g/mol. The van der Waals surface area contributed by atoms with Crippen LogP contribution in [0.3, 0.4) is 0 Å². The molecule has 1 N–H and O–H groups in total. The summed E-state index contributed by atoms with van der Waals surface area (Å²) in [4.78, 5) is 26.9. The second kappa shape index (κ2) is 8.83. The lowest BCUT2D eigenvalue weighted by Crippen LogP contribution is -2.34. The lowest BCUT2D eigenvalue weighted by Gasteiger charge is -2.20. The van der Waals surface area contributed by atoms with Gasteiger partial charge in [0, 0.05) is 37.4 Å². The van der Waals surface area contributed by atoms with E-state index >= 15 is 0 Å². The van der Waals surface area contributed by atoms with Crippen molar-refractivity contribution in [3.8, 4) is 0 Å². The van der Waals surface area contributed by atoms with Crippen molar-refractivity contribution in [3.63, 3.8) is 0 Å². The van der Waals surface area contributed by atoms with Gasteiger partial charge in [-0.05, 0) is 36.8 Å². The quantitative estimate of drug-likeness (QED) is 0.820. The van der Waals surface area contributed by atoms with Crippen molar-refractivity contribution >= 4 is 23.6 Å². The minimum Gasteiger partial charge on any atom is -0.352 e. The molecule has 1 heterocycles. The van der Waals surface area contributed by atoms with Crippen molar-refractivity contribution < 1.29 is 9.59 Å². The predicted molar refractivity (Wildman–Crippen MR) is 89.7 cm³/mol. The molecule has 0 spiro atoms. The van der Waals surface area contributed by atoms with Crippen molar-refractivity contribution in [2.24, 2.45) is 0 Å². The Morgan fingerprint density at radius 3 is 3.00 bits per heavy atom. The zero-order chi connectivity index (χ0) is 15.8. The number of hydrogen-bond acceptors (Lipinski definition) is 3. The Bertz CT molecular complexity index is 519. The Hall–Kier alpha value is -1.49. The van der Waals surface area contributed by atoms with Crippen LogP contribution in [0.4, 0.5) is 0 Å². The average Bonchev–Trinajstić information content (AvgIpc) is 2.75. The maximum absolute atomic E-state index is 12.0. The van der Waals surface area contributed by atoms with E-state index in [-0.39, 0.29) is 11.8 Å². The molecule has 1 saturated heterocycles. The van der Waals surface area contributed by atoms with Crippen LogP contribution in [-0.4, -0.2) is 36.1 Å². The number of rotatable bonds is 6. The van der Waals surface area contributed by atoms with Crippen LogP contribution in [-0.2, 0) is 16.1 Å². The molecule has 1 aromatic rings. The predicted octanol–water partition coefficient (Wildman–Crippen LogP) is 2.82. The summed E-state index contributed by atoms with van der Waals surface area (Å²) in [6.07, 6.45) is 6.19. The van der Waals surface area contributed by atoms with Gasteiger partial charge in [0.05, 0.1) is 0 Å². The highest BCUT2D eigenvalue weighted by Gasteiger charge is 2.17. The van der Waals surface area contributed by atoms with Gasteiger partial charge in [-0.25, -0.2) is 0 Å². The zero-order valence-corrected chi connectivity index (χ0v) is 14.0. The van der Waals surface area contributed by atoms with E-state index < -0.39 is 0 Å². The highest BCUT2D eigenvalue weighted by atomic mass is 32.2. The first-order chi connectivity index (χ1) is 10.7. The Labute approximate surface area is 136 Å². The molecule has 2 amide bonds. The van der Waals surface area contributed by atoms with Gasteiger partial charge < -0.3 is 10.2 Å². The van der Waals surface area contributed by atoms with Gasteiger partial charge in [0.2, 0.25) is 11.8 Å². The molecule has 0 aromatic heterocycles. The maximum atomic E-state index is 12.0. The third kappa shape index (κ3) is 5.37. The van der Waals surface area contributed by atoms with Gasteiger partial charge in [0.1, 0.15) is 0 Å². The largest absolute Gasteiger partial charge is 0.352 e. The summed E-state index contributed by atoms with van der Waals surface area (Å²) in [5, 5.41) is 2.93. The Balaban J connectivity index is 1.74. The molecule has 0 saturated carbocycles. The topological polar surface area (TPSA) is 49.4 Å². The van der Waals surface area contributed by atoms with Gasteiger partial charge in [0.25, 0.3) is 0 Å². The minimum atomic E-state index is 0.00611. The SMILES string of the molecule is CSc1cccc(CNC(=O)CCN2CCCCCC2=O)c1. The van der Waals surface area contributed by atoms with E-state index in [9.17, 15) is 9.59 Å². The smallest absolute Gasteiger partial charge is 0.222 e. The van der Waals surface area contributed by atoms with Crippen LogP contribution in [0, 0.1) is 0 Å². The molecule has 0 radical (unpaired) electrons. The average molecular weight is 320 g/mol. The molecule has 120 valence electrons.